The summed E-state index contributed by atoms with van der Waals surface area (Å²) in [5.74, 6) is -4.01. The highest BCUT2D eigenvalue weighted by molar-refractivity contribution is 5.96. The Kier molecular flexibility index (Phi) is 12.4. The number of aliphatic carboxylic acids is 1. The number of phenols is 1. The second-order valence-electron chi connectivity index (χ2n) is 11.9. The number of hydrogen-bond donors (Lipinski definition) is 8. The SMILES string of the molecule is CC(C)C[C@@H](NC(=O)[C@@H](Cc1ccccc1)NC(=O)CNC(=O)[C@@]1(NC(=O)[C@H](N)Cc2ccc(O)cc2)CCC[C@@H]1O)C(=O)O. The Morgan fingerprint density at radius 3 is 2.13 bits per heavy atom. The van der Waals surface area contributed by atoms with Crippen molar-refractivity contribution in [3.05, 3.63) is 65.7 Å². The Morgan fingerprint density at radius 1 is 0.911 bits per heavy atom. The summed E-state index contributed by atoms with van der Waals surface area (Å²) in [5, 5.41) is 40.0. The van der Waals surface area contributed by atoms with Crippen LogP contribution in [0.25, 0.3) is 0 Å². The van der Waals surface area contributed by atoms with Crippen LogP contribution in [0.3, 0.4) is 0 Å². The number of hydrogen-bond acceptors (Lipinski definition) is 8. The van der Waals surface area contributed by atoms with Crippen molar-refractivity contribution in [1.82, 2.24) is 21.3 Å². The normalized spacial score (nSPS) is 19.6. The second-order valence-corrected chi connectivity index (χ2v) is 11.9. The molecule has 0 unspecified atom stereocenters. The maximum absolute atomic E-state index is 13.4. The fourth-order valence-electron chi connectivity index (χ4n) is 5.33. The zero-order valence-electron chi connectivity index (χ0n) is 25.5. The third-order valence-corrected chi connectivity index (χ3v) is 7.76. The molecular formula is C32H43N5O8. The molecule has 3 rings (SSSR count). The first-order valence-corrected chi connectivity index (χ1v) is 15.0. The van der Waals surface area contributed by atoms with Crippen LogP contribution in [0.15, 0.2) is 54.6 Å². The molecule has 0 spiro atoms. The Labute approximate surface area is 262 Å². The molecule has 9 N–H and O–H groups in total. The average molecular weight is 626 g/mol. The number of nitrogens with one attached hydrogen (secondary N) is 4. The predicted octanol–water partition coefficient (Wildman–Crippen LogP) is 0.121. The lowest BCUT2D eigenvalue weighted by Crippen LogP contribution is -2.66. The van der Waals surface area contributed by atoms with Gasteiger partial charge in [0.25, 0.3) is 0 Å². The molecule has 4 amide bonds. The number of carboxylic acids is 1. The molecule has 1 aliphatic carbocycles. The fraction of sp³-hybridized carbons (Fsp3) is 0.469. The molecule has 1 fully saturated rings. The Morgan fingerprint density at radius 2 is 1.56 bits per heavy atom. The monoisotopic (exact) mass is 625 g/mol. The number of aliphatic hydroxyl groups is 1. The van der Waals surface area contributed by atoms with Gasteiger partial charge in [-0.3, -0.25) is 19.2 Å². The van der Waals surface area contributed by atoms with E-state index in [4.69, 9.17) is 5.73 Å². The van der Waals surface area contributed by atoms with E-state index in [2.05, 4.69) is 21.3 Å². The maximum Gasteiger partial charge on any atom is 0.326 e. The first kappa shape index (κ1) is 35.0. The van der Waals surface area contributed by atoms with Gasteiger partial charge in [0.2, 0.25) is 23.6 Å². The molecule has 0 radical (unpaired) electrons. The molecule has 0 aromatic heterocycles. The minimum atomic E-state index is -1.71. The van der Waals surface area contributed by atoms with Crippen LogP contribution in [0.2, 0.25) is 0 Å². The summed E-state index contributed by atoms with van der Waals surface area (Å²) < 4.78 is 0. The molecule has 0 aliphatic heterocycles. The minimum Gasteiger partial charge on any atom is -0.508 e. The van der Waals surface area contributed by atoms with Gasteiger partial charge in [0.05, 0.1) is 18.7 Å². The molecule has 244 valence electrons. The molecule has 1 aliphatic rings. The predicted molar refractivity (Wildman–Crippen MR) is 165 cm³/mol. The number of benzene rings is 2. The van der Waals surface area contributed by atoms with Crippen LogP contribution in [0.5, 0.6) is 5.75 Å². The molecular weight excluding hydrogens is 582 g/mol. The summed E-state index contributed by atoms with van der Waals surface area (Å²) in [6, 6.07) is 11.7. The molecule has 13 heteroatoms. The third kappa shape index (κ3) is 10.0. The topological polar surface area (TPSA) is 220 Å². The quantitative estimate of drug-likeness (QED) is 0.135. The highest BCUT2D eigenvalue weighted by Crippen LogP contribution is 2.31. The van der Waals surface area contributed by atoms with Crippen molar-refractivity contribution in [3.63, 3.8) is 0 Å². The molecule has 0 bridgehead atoms. The van der Waals surface area contributed by atoms with Crippen LogP contribution in [-0.4, -0.2) is 81.2 Å². The van der Waals surface area contributed by atoms with Crippen LogP contribution >= 0.6 is 0 Å². The first-order chi connectivity index (χ1) is 21.3. The van der Waals surface area contributed by atoms with Crippen LogP contribution in [0, 0.1) is 5.92 Å². The molecule has 2 aromatic rings. The maximum atomic E-state index is 13.4. The Bertz CT molecular complexity index is 1340. The van der Waals surface area contributed by atoms with E-state index < -0.39 is 65.9 Å². The number of aliphatic hydroxyl groups excluding tert-OH is 1. The van der Waals surface area contributed by atoms with Gasteiger partial charge in [-0.25, -0.2) is 4.79 Å². The molecule has 13 nitrogen and oxygen atoms in total. The van der Waals surface area contributed by atoms with Crippen molar-refractivity contribution < 1.29 is 39.3 Å². The number of nitrogens with two attached hydrogens (primary N) is 1. The van der Waals surface area contributed by atoms with Crippen LogP contribution < -0.4 is 27.0 Å². The standard InChI is InChI=1S/C32H43N5O8/c1-19(2)15-25(30(43)44)36-29(42)24(17-20-7-4-3-5-8-20)35-27(40)18-34-31(45)32(14-6-9-26(32)39)37-28(41)23(33)16-21-10-12-22(38)13-11-21/h3-5,7-8,10-13,19,23-26,38-39H,6,9,14-18,33H2,1-2H3,(H,34,45)(H,35,40)(H,36,42)(H,37,41)(H,43,44)/t23-,24-,25-,26+,32-/m1/s1. The molecule has 5 atom stereocenters. The largest absolute Gasteiger partial charge is 0.508 e. The zero-order chi connectivity index (χ0) is 33.1. The number of carbonyl (C=O) groups excluding carboxylic acids is 4. The van der Waals surface area contributed by atoms with E-state index in [-0.39, 0.29) is 43.8 Å². The number of carbonyl (C=O) groups is 5. The van der Waals surface area contributed by atoms with E-state index in [1.54, 1.807) is 42.5 Å². The number of amides is 4. The first-order valence-electron chi connectivity index (χ1n) is 15.0. The van der Waals surface area contributed by atoms with Crippen LogP contribution in [0.4, 0.5) is 0 Å². The van der Waals surface area contributed by atoms with Gasteiger partial charge in [0.15, 0.2) is 0 Å². The van der Waals surface area contributed by atoms with Gasteiger partial charge in [0.1, 0.15) is 23.4 Å². The van der Waals surface area contributed by atoms with Crippen molar-refractivity contribution in [3.8, 4) is 5.75 Å². The number of aromatic hydroxyl groups is 1. The lowest BCUT2D eigenvalue weighted by atomic mass is 9.92. The highest BCUT2D eigenvalue weighted by atomic mass is 16.4. The third-order valence-electron chi connectivity index (χ3n) is 7.76. The summed E-state index contributed by atoms with van der Waals surface area (Å²) in [7, 11) is 0. The smallest absolute Gasteiger partial charge is 0.326 e. The van der Waals surface area contributed by atoms with Crippen LogP contribution in [0.1, 0.15) is 50.7 Å². The van der Waals surface area contributed by atoms with Crippen molar-refractivity contribution in [2.45, 2.75) is 82.1 Å². The lowest BCUT2D eigenvalue weighted by molar-refractivity contribution is -0.142. The molecule has 0 saturated heterocycles. The Balaban J connectivity index is 1.67. The molecule has 0 heterocycles. The zero-order valence-corrected chi connectivity index (χ0v) is 25.5. The van der Waals surface area contributed by atoms with Crippen molar-refractivity contribution >= 4 is 29.6 Å². The van der Waals surface area contributed by atoms with Gasteiger partial charge in [-0.05, 0) is 61.3 Å². The van der Waals surface area contributed by atoms with E-state index in [0.717, 1.165) is 5.56 Å². The Hall–Kier alpha value is -4.49. The number of carboxylic acid groups (broad SMARTS) is 1. The summed E-state index contributed by atoms with van der Waals surface area (Å²) in [6.07, 6.45) is -0.0495. The van der Waals surface area contributed by atoms with E-state index in [9.17, 15) is 39.3 Å². The van der Waals surface area contributed by atoms with Crippen molar-refractivity contribution in [1.29, 1.82) is 0 Å². The van der Waals surface area contributed by atoms with Crippen LogP contribution in [-0.2, 0) is 36.8 Å². The number of rotatable bonds is 15. The molecule has 2 aromatic carbocycles. The lowest BCUT2D eigenvalue weighted by Gasteiger charge is -2.33. The van der Waals surface area contributed by atoms with Crippen molar-refractivity contribution in [2.24, 2.45) is 11.7 Å². The van der Waals surface area contributed by atoms with Gasteiger partial charge in [-0.15, -0.1) is 0 Å². The summed E-state index contributed by atoms with van der Waals surface area (Å²) in [5.41, 5.74) is 5.78. The summed E-state index contributed by atoms with van der Waals surface area (Å²) in [6.45, 7) is 3.08. The van der Waals surface area contributed by atoms with Gasteiger partial charge < -0.3 is 42.3 Å². The van der Waals surface area contributed by atoms with Gasteiger partial charge in [0, 0.05) is 6.42 Å². The van der Waals surface area contributed by atoms with Gasteiger partial charge in [-0.2, -0.15) is 0 Å². The molecule has 1 saturated carbocycles. The van der Waals surface area contributed by atoms with E-state index in [0.29, 0.717) is 12.0 Å². The molecule has 45 heavy (non-hydrogen) atoms. The van der Waals surface area contributed by atoms with E-state index >= 15 is 0 Å². The highest BCUT2D eigenvalue weighted by Gasteiger charge is 2.50. The van der Waals surface area contributed by atoms with Gasteiger partial charge in [-0.1, -0.05) is 56.3 Å². The average Bonchev–Trinajstić information content (AvgIpc) is 3.36. The number of phenolic OH excluding ortho intramolecular Hbond substituents is 1. The second kappa shape index (κ2) is 16.0. The minimum absolute atomic E-state index is 0.00936. The van der Waals surface area contributed by atoms with E-state index in [1.165, 1.54) is 12.1 Å². The van der Waals surface area contributed by atoms with Gasteiger partial charge >= 0.3 is 5.97 Å². The summed E-state index contributed by atoms with van der Waals surface area (Å²) in [4.78, 5) is 64.3. The van der Waals surface area contributed by atoms with E-state index in [1.807, 2.05) is 13.8 Å². The van der Waals surface area contributed by atoms with Crippen molar-refractivity contribution in [2.75, 3.05) is 6.54 Å². The summed E-state index contributed by atoms with van der Waals surface area (Å²) >= 11 is 0. The fourth-order valence-corrected chi connectivity index (χ4v) is 5.33.